The average molecular weight is 261 g/mol. The first-order chi connectivity index (χ1) is 7.48. The highest BCUT2D eigenvalue weighted by molar-refractivity contribution is 6.31. The monoisotopic (exact) mass is 260 g/mol. The quantitative estimate of drug-likeness (QED) is 0.669. The van der Waals surface area contributed by atoms with Gasteiger partial charge in [-0.25, -0.2) is 4.39 Å². The van der Waals surface area contributed by atoms with Gasteiger partial charge in [-0.15, -0.1) is 11.6 Å². The van der Waals surface area contributed by atoms with Crippen molar-refractivity contribution >= 4 is 23.2 Å². The molecule has 2 atom stereocenters. The summed E-state index contributed by atoms with van der Waals surface area (Å²) >= 11 is 12.2. The summed E-state index contributed by atoms with van der Waals surface area (Å²) in [6, 6.07) is 4.56. The van der Waals surface area contributed by atoms with Crippen molar-refractivity contribution in [1.29, 1.82) is 0 Å². The molecular formula is C13H15Cl2F. The van der Waals surface area contributed by atoms with Crippen LogP contribution in [0.25, 0.3) is 0 Å². The highest BCUT2D eigenvalue weighted by Crippen LogP contribution is 2.43. The van der Waals surface area contributed by atoms with E-state index in [1.165, 1.54) is 12.1 Å². The van der Waals surface area contributed by atoms with E-state index in [1.54, 1.807) is 6.07 Å². The molecule has 0 nitrogen and oxygen atoms in total. The van der Waals surface area contributed by atoms with Gasteiger partial charge in [0.25, 0.3) is 0 Å². The van der Waals surface area contributed by atoms with Crippen LogP contribution in [0.3, 0.4) is 0 Å². The van der Waals surface area contributed by atoms with Gasteiger partial charge in [-0.05, 0) is 54.9 Å². The Labute approximate surface area is 106 Å². The molecule has 0 saturated heterocycles. The smallest absolute Gasteiger partial charge is 0.123 e. The van der Waals surface area contributed by atoms with Gasteiger partial charge in [0.2, 0.25) is 0 Å². The topological polar surface area (TPSA) is 0 Å². The van der Waals surface area contributed by atoms with Gasteiger partial charge in [-0.2, -0.15) is 0 Å². The second kappa shape index (κ2) is 4.54. The van der Waals surface area contributed by atoms with E-state index in [2.05, 4.69) is 6.92 Å². The summed E-state index contributed by atoms with van der Waals surface area (Å²) in [5.74, 6) is -0.219. The first kappa shape index (κ1) is 12.2. The molecule has 0 amide bonds. The van der Waals surface area contributed by atoms with Gasteiger partial charge < -0.3 is 0 Å². The zero-order valence-electron chi connectivity index (χ0n) is 9.27. The highest BCUT2D eigenvalue weighted by atomic mass is 35.5. The summed E-state index contributed by atoms with van der Waals surface area (Å²) in [6.45, 7) is 2.20. The van der Waals surface area contributed by atoms with E-state index in [0.717, 1.165) is 31.2 Å². The number of hydrogen-bond acceptors (Lipinski definition) is 0. The van der Waals surface area contributed by atoms with Crippen LogP contribution in [0.2, 0.25) is 5.02 Å². The molecule has 0 aromatic heterocycles. The van der Waals surface area contributed by atoms with E-state index < -0.39 is 0 Å². The molecule has 0 radical (unpaired) electrons. The Bertz CT molecular complexity index is 392. The van der Waals surface area contributed by atoms with E-state index >= 15 is 0 Å². The summed E-state index contributed by atoms with van der Waals surface area (Å²) in [5, 5.41) is 0.915. The molecular weight excluding hydrogens is 246 g/mol. The third kappa shape index (κ3) is 2.70. The van der Waals surface area contributed by atoms with Crippen LogP contribution in [0, 0.1) is 11.2 Å². The van der Waals surface area contributed by atoms with Crippen molar-refractivity contribution in [3.63, 3.8) is 0 Å². The molecule has 2 rings (SSSR count). The summed E-state index contributed by atoms with van der Waals surface area (Å²) < 4.78 is 13.1. The number of halogens is 3. The molecule has 88 valence electrons. The Hall–Kier alpha value is -0.270. The lowest BCUT2D eigenvalue weighted by Gasteiger charge is -2.24. The van der Waals surface area contributed by atoms with Gasteiger partial charge in [0, 0.05) is 10.4 Å². The van der Waals surface area contributed by atoms with Gasteiger partial charge in [-0.3, -0.25) is 0 Å². The van der Waals surface area contributed by atoms with E-state index in [9.17, 15) is 4.39 Å². The molecule has 0 aliphatic heterocycles. The van der Waals surface area contributed by atoms with Gasteiger partial charge in [0.15, 0.2) is 0 Å². The van der Waals surface area contributed by atoms with Gasteiger partial charge >= 0.3 is 0 Å². The van der Waals surface area contributed by atoms with Crippen molar-refractivity contribution in [2.75, 3.05) is 0 Å². The van der Waals surface area contributed by atoms with E-state index in [0.29, 0.717) is 5.02 Å². The van der Waals surface area contributed by atoms with Crippen molar-refractivity contribution in [2.45, 2.75) is 38.0 Å². The molecule has 1 saturated carbocycles. The predicted molar refractivity (Wildman–Crippen MR) is 66.7 cm³/mol. The molecule has 0 bridgehead atoms. The first-order valence-corrected chi connectivity index (χ1v) is 6.38. The van der Waals surface area contributed by atoms with Crippen LogP contribution >= 0.6 is 23.2 Å². The SMILES string of the molecule is CC1(Cc2cc(F)ccc2Cl)CCC(Cl)C1. The van der Waals surface area contributed by atoms with Crippen LogP contribution in [-0.4, -0.2) is 5.38 Å². The van der Waals surface area contributed by atoms with Crippen LogP contribution < -0.4 is 0 Å². The summed E-state index contributed by atoms with van der Waals surface area (Å²) in [5.41, 5.74) is 1.07. The molecule has 1 aliphatic carbocycles. The summed E-state index contributed by atoms with van der Waals surface area (Å²) in [4.78, 5) is 0. The maximum atomic E-state index is 13.1. The summed E-state index contributed by atoms with van der Waals surface area (Å²) in [7, 11) is 0. The molecule has 16 heavy (non-hydrogen) atoms. The van der Waals surface area contributed by atoms with Crippen molar-refractivity contribution in [3.05, 3.63) is 34.6 Å². The van der Waals surface area contributed by atoms with Crippen LogP contribution in [0.1, 0.15) is 31.7 Å². The van der Waals surface area contributed by atoms with Crippen LogP contribution in [0.15, 0.2) is 18.2 Å². The highest BCUT2D eigenvalue weighted by Gasteiger charge is 2.34. The maximum Gasteiger partial charge on any atom is 0.123 e. The van der Waals surface area contributed by atoms with Crippen molar-refractivity contribution in [1.82, 2.24) is 0 Å². The van der Waals surface area contributed by atoms with Crippen molar-refractivity contribution < 1.29 is 4.39 Å². The fourth-order valence-electron chi connectivity index (χ4n) is 2.54. The Morgan fingerprint density at radius 2 is 2.25 bits per heavy atom. The average Bonchev–Trinajstić information content (AvgIpc) is 2.52. The van der Waals surface area contributed by atoms with Gasteiger partial charge in [0.1, 0.15) is 5.82 Å². The lowest BCUT2D eigenvalue weighted by atomic mass is 9.82. The third-order valence-electron chi connectivity index (χ3n) is 3.40. The Balaban J connectivity index is 2.17. The molecule has 0 spiro atoms. The Morgan fingerprint density at radius 1 is 1.50 bits per heavy atom. The second-order valence-electron chi connectivity index (χ2n) is 5.06. The molecule has 0 heterocycles. The van der Waals surface area contributed by atoms with Crippen molar-refractivity contribution in [3.8, 4) is 0 Å². The zero-order valence-corrected chi connectivity index (χ0v) is 10.8. The molecule has 1 aromatic carbocycles. The second-order valence-corrected chi connectivity index (χ2v) is 6.09. The van der Waals surface area contributed by atoms with Crippen LogP contribution in [0.5, 0.6) is 0 Å². The molecule has 0 N–H and O–H groups in total. The van der Waals surface area contributed by atoms with Crippen LogP contribution in [0.4, 0.5) is 4.39 Å². The fraction of sp³-hybridized carbons (Fsp3) is 0.538. The first-order valence-electron chi connectivity index (χ1n) is 5.56. The third-order valence-corrected chi connectivity index (χ3v) is 4.14. The molecule has 3 heteroatoms. The summed E-state index contributed by atoms with van der Waals surface area (Å²) in [6.07, 6.45) is 3.94. The minimum atomic E-state index is -0.219. The van der Waals surface area contributed by atoms with Gasteiger partial charge in [-0.1, -0.05) is 18.5 Å². The Kier molecular flexibility index (Phi) is 3.46. The molecule has 1 aromatic rings. The zero-order chi connectivity index (χ0) is 11.8. The van der Waals surface area contributed by atoms with E-state index in [1.807, 2.05) is 0 Å². The molecule has 2 unspecified atom stereocenters. The lowest BCUT2D eigenvalue weighted by molar-refractivity contribution is 0.335. The Morgan fingerprint density at radius 3 is 2.88 bits per heavy atom. The van der Waals surface area contributed by atoms with Crippen LogP contribution in [-0.2, 0) is 6.42 Å². The van der Waals surface area contributed by atoms with E-state index in [4.69, 9.17) is 23.2 Å². The number of rotatable bonds is 2. The fourth-order valence-corrected chi connectivity index (χ4v) is 3.21. The normalized spacial score (nSPS) is 29.6. The molecule has 1 fully saturated rings. The standard InChI is InChI=1S/C13H15Cl2F/c1-13(5-4-10(14)8-13)7-9-6-11(16)2-3-12(9)15/h2-3,6,10H,4-5,7-8H2,1H3. The molecule has 1 aliphatic rings. The predicted octanol–water partition coefficient (Wildman–Crippen LogP) is 4.82. The largest absolute Gasteiger partial charge is 0.207 e. The van der Waals surface area contributed by atoms with Gasteiger partial charge in [0.05, 0.1) is 0 Å². The minimum absolute atomic E-state index is 0.170. The van der Waals surface area contributed by atoms with E-state index in [-0.39, 0.29) is 16.6 Å². The number of benzene rings is 1. The minimum Gasteiger partial charge on any atom is -0.207 e. The number of alkyl halides is 1. The number of hydrogen-bond donors (Lipinski definition) is 0. The lowest BCUT2D eigenvalue weighted by Crippen LogP contribution is -2.16. The maximum absolute atomic E-state index is 13.1. The van der Waals surface area contributed by atoms with Crippen molar-refractivity contribution in [2.24, 2.45) is 5.41 Å².